The van der Waals surface area contributed by atoms with Crippen LogP contribution in [0.15, 0.2) is 60.0 Å². The third kappa shape index (κ3) is 6.04. The molecule has 2 aliphatic rings. The Bertz CT molecular complexity index is 1500. The number of methoxy groups -OCH3 is 1. The van der Waals surface area contributed by atoms with Crippen molar-refractivity contribution in [3.63, 3.8) is 0 Å². The molecule has 2 fully saturated rings. The molecule has 41 heavy (non-hydrogen) atoms. The quantitative estimate of drug-likeness (QED) is 0.205. The Balaban J connectivity index is 1.38. The molecule has 0 N–H and O–H groups in total. The molecular weight excluding hydrogens is 532 g/mol. The topological polar surface area (TPSA) is 51.2 Å². The van der Waals surface area contributed by atoms with Crippen LogP contribution in [-0.4, -0.2) is 75.2 Å². The van der Waals surface area contributed by atoms with Gasteiger partial charge in [0.2, 0.25) is 0 Å². The largest absolute Gasteiger partial charge is 0.496 e. The van der Waals surface area contributed by atoms with E-state index in [1.807, 2.05) is 35.7 Å². The lowest BCUT2D eigenvalue weighted by atomic mass is 9.87. The molecule has 7 heteroatoms. The van der Waals surface area contributed by atoms with Gasteiger partial charge in [-0.2, -0.15) is 0 Å². The molecular formula is C34H38N2O4S. The lowest BCUT2D eigenvalue weighted by Gasteiger charge is -2.28. The average Bonchev–Trinajstić information content (AvgIpc) is 3.69. The number of hydrogen-bond acceptors (Lipinski definition) is 7. The highest BCUT2D eigenvalue weighted by atomic mass is 32.1. The monoisotopic (exact) mass is 570 g/mol. The highest BCUT2D eigenvalue weighted by Gasteiger charge is 2.27. The summed E-state index contributed by atoms with van der Waals surface area (Å²) < 4.78 is 18.7. The summed E-state index contributed by atoms with van der Waals surface area (Å²) in [7, 11) is 1.66. The lowest BCUT2D eigenvalue weighted by molar-refractivity contribution is 0.0341. The van der Waals surface area contributed by atoms with Crippen LogP contribution in [-0.2, 0) is 11.3 Å². The first-order chi connectivity index (χ1) is 20.1. The zero-order valence-corrected chi connectivity index (χ0v) is 24.8. The maximum absolute atomic E-state index is 14.4. The Morgan fingerprint density at radius 1 is 0.976 bits per heavy atom. The molecule has 0 spiro atoms. The van der Waals surface area contributed by atoms with Gasteiger partial charge in [-0.05, 0) is 79.4 Å². The van der Waals surface area contributed by atoms with Crippen LogP contribution in [0.3, 0.4) is 0 Å². The van der Waals surface area contributed by atoms with Crippen molar-refractivity contribution in [1.29, 1.82) is 0 Å². The van der Waals surface area contributed by atoms with Gasteiger partial charge in [0.1, 0.15) is 18.1 Å². The Hall–Kier alpha value is -3.23. The van der Waals surface area contributed by atoms with E-state index in [1.165, 1.54) is 25.9 Å². The molecule has 0 saturated carbocycles. The van der Waals surface area contributed by atoms with E-state index < -0.39 is 0 Å². The maximum atomic E-state index is 14.4. The van der Waals surface area contributed by atoms with Crippen molar-refractivity contribution in [2.45, 2.75) is 26.3 Å². The van der Waals surface area contributed by atoms with Gasteiger partial charge in [0.25, 0.3) is 0 Å². The van der Waals surface area contributed by atoms with Crippen molar-refractivity contribution in [3.05, 3.63) is 82.2 Å². The van der Waals surface area contributed by atoms with Gasteiger partial charge >= 0.3 is 0 Å². The van der Waals surface area contributed by atoms with Gasteiger partial charge < -0.3 is 14.2 Å². The molecule has 0 aliphatic carbocycles. The van der Waals surface area contributed by atoms with Crippen LogP contribution in [0.25, 0.3) is 21.2 Å². The second-order valence-electron chi connectivity index (χ2n) is 10.9. The first kappa shape index (κ1) is 27.9. The van der Waals surface area contributed by atoms with Crippen LogP contribution < -0.4 is 9.47 Å². The maximum Gasteiger partial charge on any atom is 0.198 e. The minimum absolute atomic E-state index is 0.0127. The van der Waals surface area contributed by atoms with Crippen LogP contribution in [0.4, 0.5) is 0 Å². The van der Waals surface area contributed by atoms with Crippen LogP contribution in [0.5, 0.6) is 11.5 Å². The number of fused-ring (bicyclic) bond motifs is 1. The van der Waals surface area contributed by atoms with Gasteiger partial charge in [-0.1, -0.05) is 30.3 Å². The number of carbonyl (C=O) groups is 1. The molecule has 6 nitrogen and oxygen atoms in total. The average molecular weight is 571 g/mol. The number of hydrogen-bond donors (Lipinski definition) is 0. The predicted molar refractivity (Wildman–Crippen MR) is 166 cm³/mol. The van der Waals surface area contributed by atoms with E-state index in [0.29, 0.717) is 23.5 Å². The highest BCUT2D eigenvalue weighted by Crippen LogP contribution is 2.40. The van der Waals surface area contributed by atoms with Gasteiger partial charge in [0.15, 0.2) is 5.78 Å². The second-order valence-corrected chi connectivity index (χ2v) is 11.8. The second kappa shape index (κ2) is 12.7. The Morgan fingerprint density at radius 2 is 1.73 bits per heavy atom. The first-order valence-corrected chi connectivity index (χ1v) is 15.5. The number of likely N-dealkylation sites (tertiary alicyclic amines) is 1. The Labute approximate surface area is 246 Å². The Morgan fingerprint density at radius 3 is 2.49 bits per heavy atom. The number of ketones is 1. The van der Waals surface area contributed by atoms with Crippen molar-refractivity contribution >= 4 is 27.2 Å². The third-order valence-corrected chi connectivity index (χ3v) is 9.31. The van der Waals surface area contributed by atoms with Gasteiger partial charge in [0, 0.05) is 47.2 Å². The normalized spacial score (nSPS) is 16.3. The summed E-state index contributed by atoms with van der Waals surface area (Å²) in [6.07, 6.45) is 2.56. The van der Waals surface area contributed by atoms with Crippen molar-refractivity contribution in [1.82, 2.24) is 9.80 Å². The van der Waals surface area contributed by atoms with Gasteiger partial charge in [0.05, 0.1) is 25.9 Å². The van der Waals surface area contributed by atoms with Gasteiger partial charge in [-0.25, -0.2) is 0 Å². The van der Waals surface area contributed by atoms with Gasteiger partial charge in [-0.15, -0.1) is 11.3 Å². The first-order valence-electron chi connectivity index (χ1n) is 14.6. The van der Waals surface area contributed by atoms with Crippen LogP contribution >= 0.6 is 11.3 Å². The third-order valence-electron chi connectivity index (χ3n) is 8.35. The van der Waals surface area contributed by atoms with E-state index in [2.05, 4.69) is 41.0 Å². The summed E-state index contributed by atoms with van der Waals surface area (Å²) >= 11 is 1.60. The van der Waals surface area contributed by atoms with E-state index in [1.54, 1.807) is 18.4 Å². The van der Waals surface area contributed by atoms with Crippen LogP contribution in [0, 0.1) is 6.92 Å². The molecule has 3 aromatic carbocycles. The molecule has 0 bridgehead atoms. The van der Waals surface area contributed by atoms with Crippen molar-refractivity contribution in [2.75, 3.05) is 59.7 Å². The van der Waals surface area contributed by atoms with Crippen molar-refractivity contribution < 1.29 is 19.0 Å². The number of thiophene rings is 1. The minimum Gasteiger partial charge on any atom is -0.496 e. The smallest absolute Gasteiger partial charge is 0.198 e. The predicted octanol–water partition coefficient (Wildman–Crippen LogP) is 6.42. The summed E-state index contributed by atoms with van der Waals surface area (Å²) in [6.45, 7) is 10.1. The van der Waals surface area contributed by atoms with E-state index in [0.717, 1.165) is 77.5 Å². The molecule has 1 aromatic heterocycles. The molecule has 2 saturated heterocycles. The van der Waals surface area contributed by atoms with E-state index in [4.69, 9.17) is 14.2 Å². The standard InChI is InChI=1S/C34H38N2O4S/c1-24-26(22-36-15-18-39-19-16-36)21-30(38-2)33(34(37)29-23-41-31-8-4-3-7-28(29)31)32(24)25-9-11-27(12-10-25)40-20-17-35-13-5-6-14-35/h3-4,7-12,21,23H,5-6,13-20,22H2,1-2H3. The lowest BCUT2D eigenvalue weighted by Crippen LogP contribution is -2.35. The van der Waals surface area contributed by atoms with E-state index >= 15 is 0 Å². The SMILES string of the molecule is COc1cc(CN2CCOCC2)c(C)c(-c2ccc(OCCN3CCCC3)cc2)c1C(=O)c1csc2ccccc12. The van der Waals surface area contributed by atoms with Crippen LogP contribution in [0.1, 0.15) is 39.9 Å². The summed E-state index contributed by atoms with van der Waals surface area (Å²) in [5, 5.41) is 2.96. The summed E-state index contributed by atoms with van der Waals surface area (Å²) in [5.74, 6) is 1.44. The molecule has 3 heterocycles. The zero-order valence-electron chi connectivity index (χ0n) is 24.0. The Kier molecular flexibility index (Phi) is 8.67. The number of nitrogens with zero attached hydrogens (tertiary/aromatic N) is 2. The summed E-state index contributed by atoms with van der Waals surface area (Å²) in [6, 6.07) is 18.4. The fraction of sp³-hybridized carbons (Fsp3) is 0.382. The fourth-order valence-corrected chi connectivity index (χ4v) is 6.97. The molecule has 214 valence electrons. The van der Waals surface area contributed by atoms with Crippen molar-refractivity contribution in [3.8, 4) is 22.6 Å². The van der Waals surface area contributed by atoms with Gasteiger partial charge in [-0.3, -0.25) is 14.6 Å². The molecule has 0 atom stereocenters. The number of morpholine rings is 1. The minimum atomic E-state index is -0.0127. The molecule has 6 rings (SSSR count). The fourth-order valence-electron chi connectivity index (χ4n) is 6.03. The van der Waals surface area contributed by atoms with Crippen molar-refractivity contribution in [2.24, 2.45) is 0 Å². The number of ether oxygens (including phenoxy) is 3. The highest BCUT2D eigenvalue weighted by molar-refractivity contribution is 7.17. The molecule has 0 radical (unpaired) electrons. The number of rotatable bonds is 10. The van der Waals surface area contributed by atoms with E-state index in [9.17, 15) is 4.79 Å². The van der Waals surface area contributed by atoms with E-state index in [-0.39, 0.29) is 5.78 Å². The molecule has 4 aromatic rings. The summed E-state index contributed by atoms with van der Waals surface area (Å²) in [4.78, 5) is 19.2. The molecule has 0 amide bonds. The molecule has 0 unspecified atom stereocenters. The molecule has 2 aliphatic heterocycles. The zero-order chi connectivity index (χ0) is 28.2. The summed E-state index contributed by atoms with van der Waals surface area (Å²) in [5.41, 5.74) is 5.50. The number of carbonyl (C=O) groups excluding carboxylic acids is 1. The number of benzene rings is 3. The van der Waals surface area contributed by atoms with Crippen LogP contribution in [0.2, 0.25) is 0 Å².